The van der Waals surface area contributed by atoms with Gasteiger partial charge in [0.25, 0.3) is 0 Å². The summed E-state index contributed by atoms with van der Waals surface area (Å²) in [5.74, 6) is 0. The number of unbranched alkanes of at least 4 members (excludes halogenated alkanes) is 13. The van der Waals surface area contributed by atoms with Gasteiger partial charge in [0.05, 0.1) is 12.9 Å². The lowest BCUT2D eigenvalue weighted by atomic mass is 10.1. The summed E-state index contributed by atoms with van der Waals surface area (Å²) >= 11 is 0. The Morgan fingerprint density at radius 3 is 1.96 bits per heavy atom. The van der Waals surface area contributed by atoms with Crippen molar-refractivity contribution in [1.29, 1.82) is 0 Å². The van der Waals surface area contributed by atoms with E-state index in [9.17, 15) is 4.79 Å². The number of allylic oxidation sites excluding steroid dienone is 1. The first kappa shape index (κ1) is 23.2. The summed E-state index contributed by atoms with van der Waals surface area (Å²) in [6.45, 7) is 3.44. The van der Waals surface area contributed by atoms with Gasteiger partial charge in [-0.1, -0.05) is 71.1 Å². The van der Waals surface area contributed by atoms with Crippen molar-refractivity contribution in [2.45, 2.75) is 103 Å². The zero-order valence-electron chi connectivity index (χ0n) is 16.0. The molecule has 0 aromatic carbocycles. The lowest BCUT2D eigenvalue weighted by Gasteiger charge is -2.04. The van der Waals surface area contributed by atoms with Crippen LogP contribution in [0.1, 0.15) is 103 Å². The second-order valence-corrected chi connectivity index (χ2v) is 6.55. The number of rotatable bonds is 20. The van der Waals surface area contributed by atoms with E-state index in [1.165, 1.54) is 70.6 Å². The second-order valence-electron chi connectivity index (χ2n) is 6.55. The zero-order chi connectivity index (χ0) is 17.6. The van der Waals surface area contributed by atoms with Crippen LogP contribution in [0.25, 0.3) is 0 Å². The topological polar surface area (TPSA) is 35.5 Å². The van der Waals surface area contributed by atoms with Crippen molar-refractivity contribution in [3.63, 3.8) is 0 Å². The minimum atomic E-state index is 0.378. The molecule has 0 rings (SSSR count). The zero-order valence-corrected chi connectivity index (χ0v) is 16.0. The van der Waals surface area contributed by atoms with Gasteiger partial charge >= 0.3 is 0 Å². The van der Waals surface area contributed by atoms with E-state index in [0.717, 1.165) is 38.6 Å². The van der Waals surface area contributed by atoms with E-state index in [1.54, 1.807) is 6.26 Å². The van der Waals surface area contributed by atoms with Crippen LogP contribution in [-0.4, -0.2) is 19.7 Å². The highest BCUT2D eigenvalue weighted by atomic mass is 16.7. The highest BCUT2D eigenvalue weighted by Gasteiger charge is 1.92. The molecule has 0 saturated carbocycles. The lowest BCUT2D eigenvalue weighted by molar-refractivity contribution is -0.107. The average Bonchev–Trinajstić information content (AvgIpc) is 2.60. The number of carbonyl (C=O) groups is 1. The molecule has 142 valence electrons. The highest BCUT2D eigenvalue weighted by Crippen LogP contribution is 2.08. The molecule has 0 aromatic rings. The first-order chi connectivity index (χ1) is 11.9. The van der Waals surface area contributed by atoms with Crippen molar-refractivity contribution in [1.82, 2.24) is 0 Å². The van der Waals surface area contributed by atoms with Gasteiger partial charge in [-0.25, -0.2) is 0 Å². The maximum Gasteiger partial charge on any atom is 0.188 e. The molecule has 0 amide bonds. The molecule has 3 heteroatoms. The third-order valence-corrected chi connectivity index (χ3v) is 4.18. The van der Waals surface area contributed by atoms with E-state index < -0.39 is 0 Å². The Balaban J connectivity index is 3.05. The molecule has 0 bridgehead atoms. The Morgan fingerprint density at radius 1 is 0.708 bits per heavy atom. The van der Waals surface area contributed by atoms with Crippen LogP contribution in [0, 0.1) is 0 Å². The molecule has 3 nitrogen and oxygen atoms in total. The summed E-state index contributed by atoms with van der Waals surface area (Å²) in [7, 11) is 0. The number of ether oxygens (including phenoxy) is 2. The van der Waals surface area contributed by atoms with E-state index in [2.05, 4.69) is 13.0 Å². The fourth-order valence-corrected chi connectivity index (χ4v) is 2.64. The monoisotopic (exact) mass is 340 g/mol. The molecule has 0 fully saturated rings. The van der Waals surface area contributed by atoms with Gasteiger partial charge in [-0.2, -0.15) is 0 Å². The van der Waals surface area contributed by atoms with Crippen LogP contribution in [0.4, 0.5) is 0 Å². The Labute approximate surface area is 150 Å². The third-order valence-electron chi connectivity index (χ3n) is 4.18. The largest absolute Gasteiger partial charge is 0.475 e. The van der Waals surface area contributed by atoms with Crippen LogP contribution >= 0.6 is 0 Å². The summed E-state index contributed by atoms with van der Waals surface area (Å²) in [6.07, 6.45) is 23.1. The van der Waals surface area contributed by atoms with Crippen molar-refractivity contribution in [3.8, 4) is 0 Å². The number of aldehydes is 1. The number of hydrogen-bond acceptors (Lipinski definition) is 3. The van der Waals surface area contributed by atoms with Gasteiger partial charge in [-0.05, 0) is 31.8 Å². The minimum absolute atomic E-state index is 0.378. The molecule has 0 aliphatic carbocycles. The molecule has 0 N–H and O–H groups in total. The predicted octanol–water partition coefficient (Wildman–Crippen LogP) is 6.56. The Hall–Kier alpha value is -0.830. The Kier molecular flexibility index (Phi) is 21.4. The van der Waals surface area contributed by atoms with Gasteiger partial charge in [0.2, 0.25) is 0 Å². The third kappa shape index (κ3) is 21.2. The van der Waals surface area contributed by atoms with Gasteiger partial charge < -0.3 is 14.3 Å². The SMILES string of the molecule is CCCCCCCCCOCOC=CCCCCCCCCC=O. The van der Waals surface area contributed by atoms with Crippen molar-refractivity contribution in [3.05, 3.63) is 12.3 Å². The molecular weight excluding hydrogens is 300 g/mol. The normalized spacial score (nSPS) is 11.2. The summed E-state index contributed by atoms with van der Waals surface area (Å²) in [6, 6.07) is 0. The first-order valence-electron chi connectivity index (χ1n) is 10.2. The molecule has 0 radical (unpaired) electrons. The van der Waals surface area contributed by atoms with Crippen LogP contribution in [0.2, 0.25) is 0 Å². The molecule has 0 aliphatic rings. The Bertz CT molecular complexity index is 264. The quantitative estimate of drug-likeness (QED) is 0.109. The van der Waals surface area contributed by atoms with Crippen molar-refractivity contribution in [2.75, 3.05) is 13.4 Å². The van der Waals surface area contributed by atoms with Crippen LogP contribution < -0.4 is 0 Å². The minimum Gasteiger partial charge on any atom is -0.475 e. The standard InChI is InChI=1S/C21H40O3/c1-2-3-4-5-10-13-16-19-23-21-24-20-17-14-11-8-6-7-9-12-15-18-22/h17-18,20H,2-16,19,21H2,1H3. The molecule has 0 atom stereocenters. The molecule has 0 saturated heterocycles. The van der Waals surface area contributed by atoms with Crippen LogP contribution in [0.3, 0.4) is 0 Å². The fraction of sp³-hybridized carbons (Fsp3) is 0.857. The maximum absolute atomic E-state index is 10.2. The average molecular weight is 341 g/mol. The van der Waals surface area contributed by atoms with Crippen molar-refractivity contribution >= 4 is 6.29 Å². The van der Waals surface area contributed by atoms with Crippen LogP contribution in [-0.2, 0) is 14.3 Å². The van der Waals surface area contributed by atoms with Crippen molar-refractivity contribution < 1.29 is 14.3 Å². The molecule has 24 heavy (non-hydrogen) atoms. The van der Waals surface area contributed by atoms with Gasteiger partial charge in [-0.3, -0.25) is 0 Å². The Morgan fingerprint density at radius 2 is 1.29 bits per heavy atom. The van der Waals surface area contributed by atoms with E-state index in [0.29, 0.717) is 6.79 Å². The van der Waals surface area contributed by atoms with Crippen molar-refractivity contribution in [2.24, 2.45) is 0 Å². The molecular formula is C21H40O3. The van der Waals surface area contributed by atoms with Gasteiger partial charge in [0, 0.05) is 6.42 Å². The smallest absolute Gasteiger partial charge is 0.188 e. The maximum atomic E-state index is 10.2. The van der Waals surface area contributed by atoms with E-state index in [4.69, 9.17) is 9.47 Å². The van der Waals surface area contributed by atoms with E-state index >= 15 is 0 Å². The second kappa shape index (κ2) is 22.2. The first-order valence-corrected chi connectivity index (χ1v) is 10.2. The van der Waals surface area contributed by atoms with Gasteiger partial charge in [0.15, 0.2) is 6.79 Å². The summed E-state index contributed by atoms with van der Waals surface area (Å²) in [4.78, 5) is 10.2. The molecule has 0 unspecified atom stereocenters. The van der Waals surface area contributed by atoms with Crippen LogP contribution in [0.15, 0.2) is 12.3 Å². The fourth-order valence-electron chi connectivity index (χ4n) is 2.64. The van der Waals surface area contributed by atoms with E-state index in [1.807, 2.05) is 0 Å². The van der Waals surface area contributed by atoms with E-state index in [-0.39, 0.29) is 0 Å². The molecule has 0 aliphatic heterocycles. The molecule has 0 heterocycles. The van der Waals surface area contributed by atoms with Gasteiger partial charge in [0.1, 0.15) is 6.29 Å². The van der Waals surface area contributed by atoms with Gasteiger partial charge in [-0.15, -0.1) is 0 Å². The molecule has 0 spiro atoms. The predicted molar refractivity (Wildman–Crippen MR) is 102 cm³/mol. The summed E-state index contributed by atoms with van der Waals surface area (Å²) in [5, 5.41) is 0. The van der Waals surface area contributed by atoms with Crippen LogP contribution in [0.5, 0.6) is 0 Å². The summed E-state index contributed by atoms with van der Waals surface area (Å²) < 4.78 is 10.8. The summed E-state index contributed by atoms with van der Waals surface area (Å²) in [5.41, 5.74) is 0. The highest BCUT2D eigenvalue weighted by molar-refractivity contribution is 5.48. The lowest BCUT2D eigenvalue weighted by Crippen LogP contribution is -1.98. The number of hydrogen-bond donors (Lipinski definition) is 0. The number of carbonyl (C=O) groups excluding carboxylic acids is 1. The molecule has 0 aromatic heterocycles.